The Bertz CT molecular complexity index is 1150. The van der Waals surface area contributed by atoms with Gasteiger partial charge in [0, 0.05) is 28.3 Å². The number of nitrogen functional groups attached to an aromatic ring is 1. The van der Waals surface area contributed by atoms with Gasteiger partial charge < -0.3 is 15.2 Å². The van der Waals surface area contributed by atoms with E-state index < -0.39 is 0 Å². The van der Waals surface area contributed by atoms with Crippen LogP contribution in [0.25, 0.3) is 33.3 Å². The number of aryl methyl sites for hydroxylation is 1. The summed E-state index contributed by atoms with van der Waals surface area (Å²) in [7, 11) is 3.31. The second kappa shape index (κ2) is 7.24. The molecule has 1 heterocycles. The van der Waals surface area contributed by atoms with Crippen molar-refractivity contribution >= 4 is 16.6 Å². The molecule has 0 spiro atoms. The van der Waals surface area contributed by atoms with E-state index in [1.807, 2.05) is 49.4 Å². The van der Waals surface area contributed by atoms with E-state index in [2.05, 4.69) is 24.3 Å². The molecular weight excluding hydrogens is 348 g/mol. The number of methoxy groups -OCH3 is 2. The lowest BCUT2D eigenvalue weighted by Gasteiger charge is -2.16. The summed E-state index contributed by atoms with van der Waals surface area (Å²) in [4.78, 5) is 4.91. The average Bonchev–Trinajstić information content (AvgIpc) is 2.74. The highest BCUT2D eigenvalue weighted by Gasteiger charge is 2.18. The van der Waals surface area contributed by atoms with Crippen molar-refractivity contribution < 1.29 is 9.47 Å². The molecule has 0 radical (unpaired) electrons. The van der Waals surface area contributed by atoms with Crippen molar-refractivity contribution in [2.45, 2.75) is 6.92 Å². The summed E-state index contributed by atoms with van der Waals surface area (Å²) in [5, 5.41) is 1.01. The number of hydrogen-bond donors (Lipinski definition) is 1. The SMILES string of the molecule is COc1cc2nc(-c3ccc(N)c(C)c3)ccc2c(-c2ccccc2)c1OC. The zero-order valence-electron chi connectivity index (χ0n) is 16.2. The molecule has 0 fully saturated rings. The molecule has 140 valence electrons. The standard InChI is InChI=1S/C24H22N2O2/c1-15-13-17(9-11-19(15)25)20-12-10-18-21(26-20)14-22(27-2)24(28-3)23(18)16-7-5-4-6-8-16/h4-14H,25H2,1-3H3. The van der Waals surface area contributed by atoms with Crippen LogP contribution in [-0.2, 0) is 0 Å². The fourth-order valence-corrected chi connectivity index (χ4v) is 3.47. The summed E-state index contributed by atoms with van der Waals surface area (Å²) in [5.41, 5.74) is 12.6. The van der Waals surface area contributed by atoms with Gasteiger partial charge in [-0.15, -0.1) is 0 Å². The number of rotatable bonds is 4. The smallest absolute Gasteiger partial charge is 0.169 e. The number of nitrogens with two attached hydrogens (primary N) is 1. The van der Waals surface area contributed by atoms with Gasteiger partial charge in [-0.2, -0.15) is 0 Å². The van der Waals surface area contributed by atoms with E-state index in [1.54, 1.807) is 14.2 Å². The van der Waals surface area contributed by atoms with Crippen LogP contribution in [0.15, 0.2) is 66.7 Å². The van der Waals surface area contributed by atoms with Crippen molar-refractivity contribution in [3.8, 4) is 33.9 Å². The van der Waals surface area contributed by atoms with Gasteiger partial charge in [-0.25, -0.2) is 4.98 Å². The minimum atomic E-state index is 0.659. The third-order valence-electron chi connectivity index (χ3n) is 4.96. The van der Waals surface area contributed by atoms with Crippen LogP contribution in [0.2, 0.25) is 0 Å². The van der Waals surface area contributed by atoms with E-state index in [4.69, 9.17) is 20.2 Å². The average molecular weight is 370 g/mol. The van der Waals surface area contributed by atoms with Crippen LogP contribution in [0.3, 0.4) is 0 Å². The van der Waals surface area contributed by atoms with Crippen molar-refractivity contribution in [3.05, 3.63) is 72.3 Å². The molecule has 28 heavy (non-hydrogen) atoms. The molecule has 0 atom stereocenters. The molecule has 4 nitrogen and oxygen atoms in total. The predicted molar refractivity (Wildman–Crippen MR) is 115 cm³/mol. The first-order valence-corrected chi connectivity index (χ1v) is 9.10. The Balaban J connectivity index is 1.98. The maximum Gasteiger partial charge on any atom is 0.169 e. The van der Waals surface area contributed by atoms with E-state index in [9.17, 15) is 0 Å². The predicted octanol–water partition coefficient (Wildman–Crippen LogP) is 5.48. The maximum atomic E-state index is 5.96. The van der Waals surface area contributed by atoms with Crippen LogP contribution in [0.5, 0.6) is 11.5 Å². The van der Waals surface area contributed by atoms with Gasteiger partial charge in [0.15, 0.2) is 11.5 Å². The molecule has 1 aromatic heterocycles. The fraction of sp³-hybridized carbons (Fsp3) is 0.125. The Labute approximate surface area is 164 Å². The van der Waals surface area contributed by atoms with Crippen molar-refractivity contribution in [2.24, 2.45) is 0 Å². The molecule has 0 aliphatic carbocycles. The molecule has 2 N–H and O–H groups in total. The number of pyridine rings is 1. The Morgan fingerprint density at radius 3 is 2.29 bits per heavy atom. The van der Waals surface area contributed by atoms with Crippen molar-refractivity contribution in [1.29, 1.82) is 0 Å². The first-order chi connectivity index (χ1) is 13.6. The normalized spacial score (nSPS) is 10.8. The maximum absolute atomic E-state index is 5.96. The molecule has 0 saturated heterocycles. The quantitative estimate of drug-likeness (QED) is 0.484. The summed E-state index contributed by atoms with van der Waals surface area (Å²) >= 11 is 0. The third-order valence-corrected chi connectivity index (χ3v) is 4.96. The van der Waals surface area contributed by atoms with Crippen LogP contribution in [0.4, 0.5) is 5.69 Å². The van der Waals surface area contributed by atoms with E-state index in [1.165, 1.54) is 0 Å². The second-order valence-corrected chi connectivity index (χ2v) is 6.69. The molecule has 3 aromatic carbocycles. The Hall–Kier alpha value is -3.53. The fourth-order valence-electron chi connectivity index (χ4n) is 3.47. The molecule has 4 rings (SSSR count). The van der Waals surface area contributed by atoms with E-state index in [-0.39, 0.29) is 0 Å². The topological polar surface area (TPSA) is 57.4 Å². The van der Waals surface area contributed by atoms with Gasteiger partial charge in [0.2, 0.25) is 0 Å². The molecule has 0 aliphatic rings. The minimum Gasteiger partial charge on any atom is -0.493 e. The van der Waals surface area contributed by atoms with Crippen molar-refractivity contribution in [1.82, 2.24) is 4.98 Å². The van der Waals surface area contributed by atoms with Gasteiger partial charge in [-0.3, -0.25) is 0 Å². The first-order valence-electron chi connectivity index (χ1n) is 9.10. The summed E-state index contributed by atoms with van der Waals surface area (Å²) in [6, 6.07) is 22.2. The first kappa shape index (κ1) is 17.9. The molecule has 0 aliphatic heterocycles. The Kier molecular flexibility index (Phi) is 4.62. The lowest BCUT2D eigenvalue weighted by molar-refractivity contribution is 0.357. The number of anilines is 1. The molecule has 0 unspecified atom stereocenters. The minimum absolute atomic E-state index is 0.659. The lowest BCUT2D eigenvalue weighted by atomic mass is 9.97. The van der Waals surface area contributed by atoms with Crippen LogP contribution in [0, 0.1) is 6.92 Å². The van der Waals surface area contributed by atoms with Crippen LogP contribution >= 0.6 is 0 Å². The number of benzene rings is 3. The largest absolute Gasteiger partial charge is 0.493 e. The summed E-state index contributed by atoms with van der Waals surface area (Å²) in [6.45, 7) is 2.00. The summed E-state index contributed by atoms with van der Waals surface area (Å²) in [5.74, 6) is 1.37. The van der Waals surface area contributed by atoms with Crippen LogP contribution in [-0.4, -0.2) is 19.2 Å². The zero-order chi connectivity index (χ0) is 19.7. The highest BCUT2D eigenvalue weighted by atomic mass is 16.5. The Morgan fingerprint density at radius 2 is 1.61 bits per heavy atom. The molecule has 0 amide bonds. The Morgan fingerprint density at radius 1 is 0.821 bits per heavy atom. The zero-order valence-corrected chi connectivity index (χ0v) is 16.2. The monoisotopic (exact) mass is 370 g/mol. The lowest BCUT2D eigenvalue weighted by Crippen LogP contribution is -1.97. The molecule has 4 heteroatoms. The van der Waals surface area contributed by atoms with E-state index in [0.717, 1.165) is 44.5 Å². The third kappa shape index (κ3) is 3.03. The summed E-state index contributed by atoms with van der Waals surface area (Å²) < 4.78 is 11.3. The van der Waals surface area contributed by atoms with Gasteiger partial charge in [-0.05, 0) is 42.3 Å². The van der Waals surface area contributed by atoms with Crippen molar-refractivity contribution in [3.63, 3.8) is 0 Å². The van der Waals surface area contributed by atoms with E-state index >= 15 is 0 Å². The molecule has 4 aromatic rings. The van der Waals surface area contributed by atoms with Crippen LogP contribution < -0.4 is 15.2 Å². The molecule has 0 bridgehead atoms. The van der Waals surface area contributed by atoms with Gasteiger partial charge >= 0.3 is 0 Å². The highest BCUT2D eigenvalue weighted by molar-refractivity contribution is 6.00. The number of aromatic nitrogens is 1. The van der Waals surface area contributed by atoms with Crippen LogP contribution in [0.1, 0.15) is 5.56 Å². The number of nitrogens with zero attached hydrogens (tertiary/aromatic N) is 1. The van der Waals surface area contributed by atoms with Gasteiger partial charge in [0.25, 0.3) is 0 Å². The number of ether oxygens (including phenoxy) is 2. The van der Waals surface area contributed by atoms with Gasteiger partial charge in [0.05, 0.1) is 25.4 Å². The van der Waals surface area contributed by atoms with Gasteiger partial charge in [-0.1, -0.05) is 36.4 Å². The number of hydrogen-bond acceptors (Lipinski definition) is 4. The van der Waals surface area contributed by atoms with E-state index in [0.29, 0.717) is 11.5 Å². The summed E-state index contributed by atoms with van der Waals surface area (Å²) in [6.07, 6.45) is 0. The molecular formula is C24H22N2O2. The second-order valence-electron chi connectivity index (χ2n) is 6.69. The number of fused-ring (bicyclic) bond motifs is 1. The highest BCUT2D eigenvalue weighted by Crippen LogP contribution is 2.43. The van der Waals surface area contributed by atoms with Crippen molar-refractivity contribution in [2.75, 3.05) is 20.0 Å². The molecule has 0 saturated carbocycles. The van der Waals surface area contributed by atoms with Gasteiger partial charge in [0.1, 0.15) is 0 Å².